The molecule has 19 heavy (non-hydrogen) atoms. The normalized spacial score (nSPS) is 36.1. The SMILES string of the molecule is CC(C)C1CCC(N(C)C2COCC2C(=O)O)CC1. The summed E-state index contributed by atoms with van der Waals surface area (Å²) in [6.45, 7) is 5.54. The van der Waals surface area contributed by atoms with Gasteiger partial charge in [-0.3, -0.25) is 9.69 Å². The number of carboxylic acid groups (broad SMARTS) is 1. The molecule has 2 aliphatic rings. The fourth-order valence-corrected chi connectivity index (χ4v) is 3.63. The van der Waals surface area contributed by atoms with Crippen molar-refractivity contribution in [2.45, 2.75) is 51.6 Å². The second kappa shape index (κ2) is 6.23. The van der Waals surface area contributed by atoms with E-state index in [0.29, 0.717) is 19.3 Å². The van der Waals surface area contributed by atoms with Gasteiger partial charge < -0.3 is 9.84 Å². The number of rotatable bonds is 4. The van der Waals surface area contributed by atoms with Gasteiger partial charge in [0.05, 0.1) is 19.1 Å². The Kier molecular flexibility index (Phi) is 4.85. The van der Waals surface area contributed by atoms with Crippen LogP contribution in [0.5, 0.6) is 0 Å². The standard InChI is InChI=1S/C15H27NO3/c1-10(2)11-4-6-12(7-5-11)16(3)14-9-19-8-13(14)15(17)18/h10-14H,4-9H2,1-3H3,(H,17,18). The number of ether oxygens (including phenoxy) is 1. The first kappa shape index (κ1) is 14.8. The van der Waals surface area contributed by atoms with Crippen LogP contribution in [-0.2, 0) is 9.53 Å². The van der Waals surface area contributed by atoms with Crippen molar-refractivity contribution in [2.24, 2.45) is 17.8 Å². The summed E-state index contributed by atoms with van der Waals surface area (Å²) in [4.78, 5) is 13.5. The Morgan fingerprint density at radius 2 is 1.84 bits per heavy atom. The third-order valence-corrected chi connectivity index (χ3v) is 5.15. The minimum atomic E-state index is -0.717. The first-order valence-electron chi connectivity index (χ1n) is 7.53. The Hall–Kier alpha value is -0.610. The van der Waals surface area contributed by atoms with E-state index in [1.807, 2.05) is 0 Å². The first-order chi connectivity index (χ1) is 9.00. The molecule has 2 unspecified atom stereocenters. The van der Waals surface area contributed by atoms with Crippen molar-refractivity contribution in [3.63, 3.8) is 0 Å². The Morgan fingerprint density at radius 3 is 2.37 bits per heavy atom. The van der Waals surface area contributed by atoms with E-state index in [4.69, 9.17) is 4.74 Å². The van der Waals surface area contributed by atoms with Crippen molar-refractivity contribution >= 4 is 5.97 Å². The van der Waals surface area contributed by atoms with E-state index in [0.717, 1.165) is 11.8 Å². The monoisotopic (exact) mass is 269 g/mol. The van der Waals surface area contributed by atoms with Crippen molar-refractivity contribution < 1.29 is 14.6 Å². The molecule has 1 saturated carbocycles. The number of likely N-dealkylation sites (N-methyl/N-ethyl adjacent to an activating group) is 1. The molecule has 0 bridgehead atoms. The van der Waals surface area contributed by atoms with Gasteiger partial charge in [-0.1, -0.05) is 13.8 Å². The quantitative estimate of drug-likeness (QED) is 0.850. The van der Waals surface area contributed by atoms with Gasteiger partial charge in [-0.25, -0.2) is 0 Å². The number of nitrogens with zero attached hydrogens (tertiary/aromatic N) is 1. The molecule has 4 nitrogen and oxygen atoms in total. The summed E-state index contributed by atoms with van der Waals surface area (Å²) in [5.41, 5.74) is 0. The Labute approximate surface area is 116 Å². The van der Waals surface area contributed by atoms with Crippen LogP contribution in [0.1, 0.15) is 39.5 Å². The van der Waals surface area contributed by atoms with Gasteiger partial charge in [0.15, 0.2) is 0 Å². The molecular weight excluding hydrogens is 242 g/mol. The third kappa shape index (κ3) is 3.29. The van der Waals surface area contributed by atoms with Gasteiger partial charge in [0.1, 0.15) is 0 Å². The maximum Gasteiger partial charge on any atom is 0.310 e. The van der Waals surface area contributed by atoms with Gasteiger partial charge in [0, 0.05) is 12.1 Å². The highest BCUT2D eigenvalue weighted by atomic mass is 16.5. The van der Waals surface area contributed by atoms with Crippen LogP contribution in [0.2, 0.25) is 0 Å². The lowest BCUT2D eigenvalue weighted by atomic mass is 9.79. The second-order valence-corrected chi connectivity index (χ2v) is 6.53. The van der Waals surface area contributed by atoms with Crippen LogP contribution >= 0.6 is 0 Å². The molecule has 0 aromatic carbocycles. The maximum atomic E-state index is 11.2. The molecule has 1 N–H and O–H groups in total. The Balaban J connectivity index is 1.90. The fourth-order valence-electron chi connectivity index (χ4n) is 3.63. The predicted molar refractivity (Wildman–Crippen MR) is 74.1 cm³/mol. The van der Waals surface area contributed by atoms with Crippen LogP contribution in [0.25, 0.3) is 0 Å². The number of hydrogen-bond acceptors (Lipinski definition) is 3. The highest BCUT2D eigenvalue weighted by Crippen LogP contribution is 2.33. The van der Waals surface area contributed by atoms with Crippen LogP contribution in [0, 0.1) is 17.8 Å². The Morgan fingerprint density at radius 1 is 1.21 bits per heavy atom. The molecule has 110 valence electrons. The van der Waals surface area contributed by atoms with Crippen LogP contribution in [0.3, 0.4) is 0 Å². The minimum absolute atomic E-state index is 0.0538. The predicted octanol–water partition coefficient (Wildman–Crippen LogP) is 2.23. The maximum absolute atomic E-state index is 11.2. The van der Waals surface area contributed by atoms with Crippen LogP contribution in [0.4, 0.5) is 0 Å². The number of aliphatic carboxylic acids is 1. The van der Waals surface area contributed by atoms with Crippen molar-refractivity contribution in [2.75, 3.05) is 20.3 Å². The molecule has 2 rings (SSSR count). The topological polar surface area (TPSA) is 49.8 Å². The number of carboxylic acids is 1. The van der Waals surface area contributed by atoms with Crippen molar-refractivity contribution in [1.29, 1.82) is 0 Å². The summed E-state index contributed by atoms with van der Waals surface area (Å²) in [5.74, 6) is 0.547. The molecule has 1 aliphatic carbocycles. The van der Waals surface area contributed by atoms with E-state index < -0.39 is 5.97 Å². The second-order valence-electron chi connectivity index (χ2n) is 6.53. The molecule has 4 heteroatoms. The lowest BCUT2D eigenvalue weighted by Gasteiger charge is -2.39. The zero-order valence-corrected chi connectivity index (χ0v) is 12.3. The van der Waals surface area contributed by atoms with Gasteiger partial charge in [-0.05, 0) is 44.6 Å². The summed E-state index contributed by atoms with van der Waals surface area (Å²) in [5, 5.41) is 9.24. The van der Waals surface area contributed by atoms with Gasteiger partial charge >= 0.3 is 5.97 Å². The molecule has 0 aromatic rings. The van der Waals surface area contributed by atoms with Crippen LogP contribution in [-0.4, -0.2) is 48.3 Å². The van der Waals surface area contributed by atoms with Gasteiger partial charge in [0.25, 0.3) is 0 Å². The van der Waals surface area contributed by atoms with E-state index in [-0.39, 0.29) is 12.0 Å². The molecule has 1 heterocycles. The molecule has 2 atom stereocenters. The Bertz CT molecular complexity index is 311. The van der Waals surface area contributed by atoms with E-state index >= 15 is 0 Å². The fraction of sp³-hybridized carbons (Fsp3) is 0.933. The van der Waals surface area contributed by atoms with Gasteiger partial charge in [-0.2, -0.15) is 0 Å². The van der Waals surface area contributed by atoms with E-state index in [9.17, 15) is 9.90 Å². The smallest absolute Gasteiger partial charge is 0.310 e. The molecule has 1 saturated heterocycles. The van der Waals surface area contributed by atoms with E-state index in [2.05, 4.69) is 25.8 Å². The minimum Gasteiger partial charge on any atom is -0.481 e. The first-order valence-corrected chi connectivity index (χ1v) is 7.53. The number of carbonyl (C=O) groups is 1. The number of hydrogen-bond donors (Lipinski definition) is 1. The molecular formula is C15H27NO3. The van der Waals surface area contributed by atoms with Gasteiger partial charge in [-0.15, -0.1) is 0 Å². The van der Waals surface area contributed by atoms with Crippen molar-refractivity contribution in [1.82, 2.24) is 4.90 Å². The molecule has 2 fully saturated rings. The summed E-state index contributed by atoms with van der Waals surface area (Å²) in [6.07, 6.45) is 4.94. The van der Waals surface area contributed by atoms with E-state index in [1.165, 1.54) is 25.7 Å². The highest BCUT2D eigenvalue weighted by Gasteiger charge is 2.39. The molecule has 1 aliphatic heterocycles. The summed E-state index contributed by atoms with van der Waals surface area (Å²) >= 11 is 0. The summed E-state index contributed by atoms with van der Waals surface area (Å²) in [6, 6.07) is 0.585. The largest absolute Gasteiger partial charge is 0.481 e. The summed E-state index contributed by atoms with van der Waals surface area (Å²) in [7, 11) is 2.08. The zero-order valence-electron chi connectivity index (χ0n) is 12.3. The lowest BCUT2D eigenvalue weighted by Crippen LogP contribution is -2.47. The highest BCUT2D eigenvalue weighted by molar-refractivity contribution is 5.71. The van der Waals surface area contributed by atoms with Crippen LogP contribution in [0.15, 0.2) is 0 Å². The average molecular weight is 269 g/mol. The lowest BCUT2D eigenvalue weighted by molar-refractivity contribution is -0.143. The molecule has 0 radical (unpaired) electrons. The summed E-state index contributed by atoms with van der Waals surface area (Å²) < 4.78 is 5.38. The molecule has 0 spiro atoms. The third-order valence-electron chi connectivity index (χ3n) is 5.15. The van der Waals surface area contributed by atoms with Crippen LogP contribution < -0.4 is 0 Å². The zero-order chi connectivity index (χ0) is 14.0. The van der Waals surface area contributed by atoms with Gasteiger partial charge in [0.2, 0.25) is 0 Å². The van der Waals surface area contributed by atoms with Crippen molar-refractivity contribution in [3.05, 3.63) is 0 Å². The average Bonchev–Trinajstić information content (AvgIpc) is 2.87. The van der Waals surface area contributed by atoms with Crippen molar-refractivity contribution in [3.8, 4) is 0 Å². The molecule has 0 aromatic heterocycles. The van der Waals surface area contributed by atoms with E-state index in [1.54, 1.807) is 0 Å². The molecule has 0 amide bonds.